The molecule has 0 aromatic carbocycles. The lowest BCUT2D eigenvalue weighted by molar-refractivity contribution is -0.152. The molecule has 6 nitrogen and oxygen atoms in total. The van der Waals surface area contributed by atoms with E-state index in [4.69, 9.17) is 16.9 Å². The van der Waals surface area contributed by atoms with Crippen LogP contribution in [-0.2, 0) is 14.3 Å². The number of amides is 1. The van der Waals surface area contributed by atoms with Crippen LogP contribution in [0.15, 0.2) is 12.1 Å². The van der Waals surface area contributed by atoms with Gasteiger partial charge in [0, 0.05) is 0 Å². The highest BCUT2D eigenvalue weighted by molar-refractivity contribution is 6.37. The first-order valence-electron chi connectivity index (χ1n) is 4.63. The van der Waals surface area contributed by atoms with Crippen molar-refractivity contribution in [1.82, 2.24) is 4.98 Å². The van der Waals surface area contributed by atoms with Gasteiger partial charge < -0.3 is 10.1 Å². The fourth-order valence-corrected chi connectivity index (χ4v) is 1.15. The minimum absolute atomic E-state index is 0.0471. The maximum absolute atomic E-state index is 11.2. The Morgan fingerprint density at radius 2 is 2.29 bits per heavy atom. The number of hydrogen-bond acceptors (Lipinski definition) is 5. The number of halogens is 1. The van der Waals surface area contributed by atoms with Gasteiger partial charge in [-0.15, -0.1) is 0 Å². The summed E-state index contributed by atoms with van der Waals surface area (Å²) in [5, 5.41) is 10.8. The monoisotopic (exact) mass is 253 g/mol. The predicted molar refractivity (Wildman–Crippen MR) is 59.2 cm³/mol. The van der Waals surface area contributed by atoms with E-state index < -0.39 is 11.9 Å². The normalized spacial score (nSPS) is 9.24. The van der Waals surface area contributed by atoms with Crippen molar-refractivity contribution in [2.24, 2.45) is 0 Å². The standard InChI is InChI=1S/C10H8ClN3O3/c1-2-17-10(16)9(15)14-7-4-3-6(5-12)8(11)13-7/h3-4H,2H2,1H3,(H,13,14,15). The van der Waals surface area contributed by atoms with E-state index >= 15 is 0 Å². The average Bonchev–Trinajstić information content (AvgIpc) is 2.29. The summed E-state index contributed by atoms with van der Waals surface area (Å²) >= 11 is 5.65. The molecule has 0 bridgehead atoms. The summed E-state index contributed by atoms with van der Waals surface area (Å²) in [6.45, 7) is 1.69. The number of esters is 1. The van der Waals surface area contributed by atoms with Crippen LogP contribution < -0.4 is 5.32 Å². The average molecular weight is 254 g/mol. The van der Waals surface area contributed by atoms with Gasteiger partial charge in [0.25, 0.3) is 0 Å². The molecule has 0 spiro atoms. The number of carbonyl (C=O) groups excluding carboxylic acids is 2. The zero-order chi connectivity index (χ0) is 12.8. The molecule has 0 aliphatic carbocycles. The molecule has 0 aliphatic rings. The number of anilines is 1. The van der Waals surface area contributed by atoms with E-state index in [9.17, 15) is 9.59 Å². The van der Waals surface area contributed by atoms with E-state index in [-0.39, 0.29) is 23.1 Å². The SMILES string of the molecule is CCOC(=O)C(=O)Nc1ccc(C#N)c(Cl)n1. The third-order valence-corrected chi connectivity index (χ3v) is 1.96. The van der Waals surface area contributed by atoms with E-state index in [2.05, 4.69) is 15.0 Å². The molecule has 0 aliphatic heterocycles. The summed E-state index contributed by atoms with van der Waals surface area (Å²) in [7, 11) is 0. The maximum atomic E-state index is 11.2. The van der Waals surface area contributed by atoms with Gasteiger partial charge in [-0.1, -0.05) is 11.6 Å². The number of nitrogens with one attached hydrogen (secondary N) is 1. The van der Waals surface area contributed by atoms with E-state index in [1.165, 1.54) is 12.1 Å². The van der Waals surface area contributed by atoms with Crippen LogP contribution in [0.2, 0.25) is 5.15 Å². The molecule has 0 radical (unpaired) electrons. The van der Waals surface area contributed by atoms with Crippen molar-refractivity contribution in [2.45, 2.75) is 6.92 Å². The lowest BCUT2D eigenvalue weighted by Gasteiger charge is -2.04. The van der Waals surface area contributed by atoms with Crippen molar-refractivity contribution in [3.8, 4) is 6.07 Å². The Kier molecular flexibility index (Phi) is 4.43. The molecule has 0 atom stereocenters. The minimum atomic E-state index is -1.00. The van der Waals surface area contributed by atoms with Gasteiger partial charge in [0.1, 0.15) is 17.0 Å². The molecule has 0 fully saturated rings. The lowest BCUT2D eigenvalue weighted by atomic mass is 10.3. The molecule has 7 heteroatoms. The van der Waals surface area contributed by atoms with Crippen LogP contribution >= 0.6 is 11.6 Å². The largest absolute Gasteiger partial charge is 0.459 e. The Morgan fingerprint density at radius 1 is 1.59 bits per heavy atom. The highest BCUT2D eigenvalue weighted by Crippen LogP contribution is 2.15. The topological polar surface area (TPSA) is 92.1 Å². The molecule has 88 valence electrons. The predicted octanol–water partition coefficient (Wildman–Crippen LogP) is 1.11. The number of pyridine rings is 1. The van der Waals surface area contributed by atoms with Crippen molar-refractivity contribution in [3.05, 3.63) is 22.8 Å². The fourth-order valence-electron chi connectivity index (χ4n) is 0.951. The Labute approximate surface area is 102 Å². The zero-order valence-corrected chi connectivity index (χ0v) is 9.61. The lowest BCUT2D eigenvalue weighted by Crippen LogP contribution is -2.25. The molecule has 1 rings (SSSR count). The summed E-state index contributed by atoms with van der Waals surface area (Å²) in [5.74, 6) is -1.87. The van der Waals surface area contributed by atoms with Crippen molar-refractivity contribution in [3.63, 3.8) is 0 Å². The number of rotatable bonds is 2. The maximum Gasteiger partial charge on any atom is 0.397 e. The van der Waals surface area contributed by atoms with Gasteiger partial charge in [0.05, 0.1) is 12.2 Å². The van der Waals surface area contributed by atoms with Gasteiger partial charge in [-0.25, -0.2) is 9.78 Å². The molecule has 0 unspecified atom stereocenters. The van der Waals surface area contributed by atoms with Crippen molar-refractivity contribution < 1.29 is 14.3 Å². The van der Waals surface area contributed by atoms with Crippen molar-refractivity contribution in [2.75, 3.05) is 11.9 Å². The van der Waals surface area contributed by atoms with E-state index in [1.807, 2.05) is 6.07 Å². The molecule has 1 N–H and O–H groups in total. The zero-order valence-electron chi connectivity index (χ0n) is 8.86. The first-order chi connectivity index (χ1) is 8.08. The van der Waals surface area contributed by atoms with Gasteiger partial charge in [-0.05, 0) is 19.1 Å². The van der Waals surface area contributed by atoms with Gasteiger partial charge in [-0.2, -0.15) is 5.26 Å². The molecule has 1 aromatic rings. The number of ether oxygens (including phenoxy) is 1. The van der Waals surface area contributed by atoms with Crippen LogP contribution in [0.3, 0.4) is 0 Å². The number of carbonyl (C=O) groups is 2. The van der Waals surface area contributed by atoms with Crippen LogP contribution in [0, 0.1) is 11.3 Å². The molecule has 17 heavy (non-hydrogen) atoms. The highest BCUT2D eigenvalue weighted by atomic mass is 35.5. The van der Waals surface area contributed by atoms with Crippen LogP contribution in [-0.4, -0.2) is 23.5 Å². The van der Waals surface area contributed by atoms with E-state index in [0.717, 1.165) is 0 Å². The van der Waals surface area contributed by atoms with Gasteiger partial charge in [0.2, 0.25) is 0 Å². The first kappa shape index (κ1) is 12.9. The second kappa shape index (κ2) is 5.82. The summed E-state index contributed by atoms with van der Waals surface area (Å²) < 4.78 is 4.49. The summed E-state index contributed by atoms with van der Waals surface area (Å²) in [4.78, 5) is 26.0. The van der Waals surface area contributed by atoms with Crippen LogP contribution in [0.5, 0.6) is 0 Å². The van der Waals surface area contributed by atoms with E-state index in [0.29, 0.717) is 0 Å². The van der Waals surface area contributed by atoms with Crippen molar-refractivity contribution in [1.29, 1.82) is 5.26 Å². The second-order valence-electron chi connectivity index (χ2n) is 2.82. The molecule has 0 saturated carbocycles. The van der Waals surface area contributed by atoms with Gasteiger partial charge in [0.15, 0.2) is 0 Å². The number of hydrogen-bond donors (Lipinski definition) is 1. The molecular weight excluding hydrogens is 246 g/mol. The molecule has 1 heterocycles. The third-order valence-electron chi connectivity index (χ3n) is 1.67. The summed E-state index contributed by atoms with van der Waals surface area (Å²) in [6.07, 6.45) is 0. The molecular formula is C10H8ClN3O3. The fraction of sp³-hybridized carbons (Fsp3) is 0.200. The Balaban J connectivity index is 2.77. The Bertz CT molecular complexity index is 496. The smallest absolute Gasteiger partial charge is 0.397 e. The Morgan fingerprint density at radius 3 is 2.82 bits per heavy atom. The first-order valence-corrected chi connectivity index (χ1v) is 5.01. The number of aromatic nitrogens is 1. The third kappa shape index (κ3) is 3.43. The van der Waals surface area contributed by atoms with E-state index in [1.54, 1.807) is 6.92 Å². The molecule has 1 aromatic heterocycles. The molecule has 0 saturated heterocycles. The number of nitrogens with zero attached hydrogens (tertiary/aromatic N) is 2. The van der Waals surface area contributed by atoms with Crippen molar-refractivity contribution >= 4 is 29.3 Å². The minimum Gasteiger partial charge on any atom is -0.459 e. The van der Waals surface area contributed by atoms with Gasteiger partial charge in [-0.3, -0.25) is 4.79 Å². The summed E-state index contributed by atoms with van der Waals surface area (Å²) in [6, 6.07) is 4.57. The highest BCUT2D eigenvalue weighted by Gasteiger charge is 2.15. The molecule has 1 amide bonds. The quantitative estimate of drug-likeness (QED) is 0.484. The van der Waals surface area contributed by atoms with Crippen LogP contribution in [0.4, 0.5) is 5.82 Å². The second-order valence-corrected chi connectivity index (χ2v) is 3.18. The Hall–Kier alpha value is -2.13. The number of nitriles is 1. The van der Waals surface area contributed by atoms with Crippen LogP contribution in [0.1, 0.15) is 12.5 Å². The van der Waals surface area contributed by atoms with Gasteiger partial charge >= 0.3 is 11.9 Å². The van der Waals surface area contributed by atoms with Crippen LogP contribution in [0.25, 0.3) is 0 Å². The summed E-state index contributed by atoms with van der Waals surface area (Å²) in [5.41, 5.74) is 0.181.